The average molecular weight is 343 g/mol. The molecule has 1 amide bonds. The maximum absolute atomic E-state index is 11.8. The summed E-state index contributed by atoms with van der Waals surface area (Å²) in [6.07, 6.45) is 0.408. The van der Waals surface area contributed by atoms with Crippen LogP contribution in [0.15, 0.2) is 18.2 Å². The summed E-state index contributed by atoms with van der Waals surface area (Å²) in [5, 5.41) is 6.85. The van der Waals surface area contributed by atoms with Crippen LogP contribution in [0.25, 0.3) is 0 Å². The summed E-state index contributed by atoms with van der Waals surface area (Å²) >= 11 is 6.02. The molecule has 2 N–H and O–H groups in total. The lowest BCUT2D eigenvalue weighted by Gasteiger charge is -2.23. The highest BCUT2D eigenvalue weighted by Crippen LogP contribution is 2.22. The highest BCUT2D eigenvalue weighted by atomic mass is 35.5. The van der Waals surface area contributed by atoms with Gasteiger partial charge in [-0.3, -0.25) is 0 Å². The topological polar surface area (TPSA) is 59.6 Å². The molecule has 0 heterocycles. The van der Waals surface area contributed by atoms with Gasteiger partial charge in [0.25, 0.3) is 0 Å². The van der Waals surface area contributed by atoms with E-state index in [1.54, 1.807) is 13.2 Å². The van der Waals surface area contributed by atoms with Crippen LogP contribution in [-0.2, 0) is 11.3 Å². The Hall–Kier alpha value is -1.46. The lowest BCUT2D eigenvalue weighted by Crippen LogP contribution is -2.43. The molecule has 0 aliphatic heterocycles. The maximum Gasteiger partial charge on any atom is 0.407 e. The van der Waals surface area contributed by atoms with Crippen LogP contribution in [0.5, 0.6) is 5.75 Å². The van der Waals surface area contributed by atoms with Crippen LogP contribution >= 0.6 is 11.6 Å². The molecule has 0 aliphatic rings. The minimum atomic E-state index is -0.496. The Balaban J connectivity index is 2.49. The minimum absolute atomic E-state index is 0.00460. The third-order valence-corrected chi connectivity index (χ3v) is 3.40. The largest absolute Gasteiger partial charge is 0.496 e. The fraction of sp³-hybridized carbons (Fsp3) is 0.588. The Labute approximate surface area is 143 Å². The smallest absolute Gasteiger partial charge is 0.407 e. The lowest BCUT2D eigenvalue weighted by atomic mass is 10.2. The first-order valence-electron chi connectivity index (χ1n) is 7.77. The fourth-order valence-corrected chi connectivity index (χ4v) is 2.23. The van der Waals surface area contributed by atoms with Crippen molar-refractivity contribution < 1.29 is 14.3 Å². The van der Waals surface area contributed by atoms with Gasteiger partial charge in [-0.15, -0.1) is 0 Å². The summed E-state index contributed by atoms with van der Waals surface area (Å²) in [5.41, 5.74) is 0.483. The maximum atomic E-state index is 11.8. The normalized spacial score (nSPS) is 12.6. The van der Waals surface area contributed by atoms with Crippen LogP contribution in [0.2, 0.25) is 5.02 Å². The SMILES string of the molecule is CCC(CNCc1cc(Cl)ccc1OC)NC(=O)OC(C)(C)C. The number of carbonyl (C=O) groups excluding carboxylic acids is 1. The van der Waals surface area contributed by atoms with Gasteiger partial charge in [0.05, 0.1) is 7.11 Å². The fourth-order valence-electron chi connectivity index (χ4n) is 2.04. The van der Waals surface area contributed by atoms with Crippen molar-refractivity contribution in [2.75, 3.05) is 13.7 Å². The Morgan fingerprint density at radius 3 is 2.61 bits per heavy atom. The molecule has 1 unspecified atom stereocenters. The molecule has 0 saturated heterocycles. The molecule has 1 rings (SSSR count). The Kier molecular flexibility index (Phi) is 7.65. The molecule has 0 radical (unpaired) electrons. The molecule has 23 heavy (non-hydrogen) atoms. The van der Waals surface area contributed by atoms with E-state index < -0.39 is 11.7 Å². The highest BCUT2D eigenvalue weighted by Gasteiger charge is 2.18. The number of rotatable bonds is 7. The molecule has 1 aromatic rings. The van der Waals surface area contributed by atoms with E-state index in [9.17, 15) is 4.79 Å². The van der Waals surface area contributed by atoms with Crippen molar-refractivity contribution in [2.24, 2.45) is 0 Å². The van der Waals surface area contributed by atoms with Crippen LogP contribution in [0.4, 0.5) is 4.79 Å². The summed E-state index contributed by atoms with van der Waals surface area (Å²) < 4.78 is 10.6. The second kappa shape index (κ2) is 8.99. The average Bonchev–Trinajstić information content (AvgIpc) is 2.44. The molecule has 130 valence electrons. The van der Waals surface area contributed by atoms with Crippen molar-refractivity contribution in [2.45, 2.75) is 52.3 Å². The van der Waals surface area contributed by atoms with Crippen LogP contribution in [0, 0.1) is 0 Å². The van der Waals surface area contributed by atoms with Crippen molar-refractivity contribution >= 4 is 17.7 Å². The van der Waals surface area contributed by atoms with E-state index in [-0.39, 0.29) is 6.04 Å². The standard InChI is InChI=1S/C17H27ClN2O3/c1-6-14(20-16(21)23-17(2,3)4)11-19-10-12-9-13(18)7-8-15(12)22-5/h7-9,14,19H,6,10-11H2,1-5H3,(H,20,21). The third-order valence-electron chi connectivity index (χ3n) is 3.16. The van der Waals surface area contributed by atoms with Gasteiger partial charge in [-0.25, -0.2) is 4.79 Å². The van der Waals surface area contributed by atoms with Crippen LogP contribution in [-0.4, -0.2) is 31.4 Å². The monoisotopic (exact) mass is 342 g/mol. The Bertz CT molecular complexity index is 515. The molecular formula is C17H27ClN2O3. The molecule has 0 fully saturated rings. The van der Waals surface area contributed by atoms with Crippen LogP contribution in [0.3, 0.4) is 0 Å². The number of carbonyl (C=O) groups is 1. The van der Waals surface area contributed by atoms with E-state index in [4.69, 9.17) is 21.1 Å². The molecule has 1 atom stereocenters. The zero-order valence-electron chi connectivity index (χ0n) is 14.5. The van der Waals surface area contributed by atoms with Gasteiger partial charge in [0.1, 0.15) is 11.4 Å². The first-order valence-corrected chi connectivity index (χ1v) is 8.15. The van der Waals surface area contributed by atoms with Crippen molar-refractivity contribution in [3.05, 3.63) is 28.8 Å². The lowest BCUT2D eigenvalue weighted by molar-refractivity contribution is 0.0502. The minimum Gasteiger partial charge on any atom is -0.496 e. The number of hydrogen-bond acceptors (Lipinski definition) is 4. The van der Waals surface area contributed by atoms with E-state index in [0.717, 1.165) is 17.7 Å². The number of methoxy groups -OCH3 is 1. The third kappa shape index (κ3) is 7.57. The van der Waals surface area contributed by atoms with Crippen LogP contribution < -0.4 is 15.4 Å². The molecule has 5 nitrogen and oxygen atoms in total. The highest BCUT2D eigenvalue weighted by molar-refractivity contribution is 6.30. The van der Waals surface area contributed by atoms with E-state index in [1.807, 2.05) is 39.8 Å². The predicted molar refractivity (Wildman–Crippen MR) is 93.2 cm³/mol. The molecule has 0 aliphatic carbocycles. The summed E-state index contributed by atoms with van der Waals surface area (Å²) in [6, 6.07) is 5.50. The van der Waals surface area contributed by atoms with E-state index in [2.05, 4.69) is 10.6 Å². The zero-order valence-corrected chi connectivity index (χ0v) is 15.3. The molecule has 0 bridgehead atoms. The van der Waals surface area contributed by atoms with Crippen molar-refractivity contribution in [3.63, 3.8) is 0 Å². The Morgan fingerprint density at radius 1 is 1.35 bits per heavy atom. The molecular weight excluding hydrogens is 316 g/mol. The first-order chi connectivity index (χ1) is 10.7. The second-order valence-electron chi connectivity index (χ2n) is 6.34. The van der Waals surface area contributed by atoms with E-state index in [1.165, 1.54) is 0 Å². The van der Waals surface area contributed by atoms with E-state index >= 15 is 0 Å². The van der Waals surface area contributed by atoms with Crippen molar-refractivity contribution in [3.8, 4) is 5.75 Å². The number of halogens is 1. The first kappa shape index (κ1) is 19.6. The van der Waals surface area contributed by atoms with Crippen molar-refractivity contribution in [1.82, 2.24) is 10.6 Å². The summed E-state index contributed by atoms with van der Waals surface area (Å²) in [4.78, 5) is 11.8. The van der Waals surface area contributed by atoms with Crippen LogP contribution in [0.1, 0.15) is 39.7 Å². The quantitative estimate of drug-likeness (QED) is 0.792. The van der Waals surface area contributed by atoms with Gasteiger partial charge < -0.3 is 20.1 Å². The molecule has 6 heteroatoms. The van der Waals surface area contributed by atoms with Gasteiger partial charge >= 0.3 is 6.09 Å². The number of nitrogens with one attached hydrogen (secondary N) is 2. The number of benzene rings is 1. The van der Waals surface area contributed by atoms with Gasteiger partial charge in [0.15, 0.2) is 0 Å². The van der Waals surface area contributed by atoms with Gasteiger partial charge in [-0.2, -0.15) is 0 Å². The van der Waals surface area contributed by atoms with Gasteiger partial charge in [-0.1, -0.05) is 18.5 Å². The van der Waals surface area contributed by atoms with Crippen molar-refractivity contribution in [1.29, 1.82) is 0 Å². The number of hydrogen-bond donors (Lipinski definition) is 2. The van der Waals surface area contributed by atoms with Gasteiger partial charge in [-0.05, 0) is 45.4 Å². The van der Waals surface area contributed by atoms with Gasteiger partial charge in [0, 0.05) is 29.7 Å². The molecule has 1 aromatic carbocycles. The van der Waals surface area contributed by atoms with E-state index in [0.29, 0.717) is 18.1 Å². The Morgan fingerprint density at radius 2 is 2.04 bits per heavy atom. The predicted octanol–water partition coefficient (Wildman–Crippen LogP) is 3.74. The molecule has 0 spiro atoms. The zero-order chi connectivity index (χ0) is 17.5. The molecule has 0 saturated carbocycles. The summed E-state index contributed by atoms with van der Waals surface area (Å²) in [6.45, 7) is 8.79. The summed E-state index contributed by atoms with van der Waals surface area (Å²) in [5.74, 6) is 0.787. The number of ether oxygens (including phenoxy) is 2. The number of amides is 1. The number of alkyl carbamates (subject to hydrolysis) is 1. The second-order valence-corrected chi connectivity index (χ2v) is 6.77. The summed E-state index contributed by atoms with van der Waals surface area (Å²) in [7, 11) is 1.63. The molecule has 0 aromatic heterocycles. The van der Waals surface area contributed by atoms with Gasteiger partial charge in [0.2, 0.25) is 0 Å².